The second-order valence-electron chi connectivity index (χ2n) is 3.33. The lowest BCUT2D eigenvalue weighted by atomic mass is 10.1. The summed E-state index contributed by atoms with van der Waals surface area (Å²) in [6.07, 6.45) is 1.58. The third-order valence-electron chi connectivity index (χ3n) is 2.17. The van der Waals surface area contributed by atoms with Gasteiger partial charge in [-0.05, 0) is 30.7 Å². The van der Waals surface area contributed by atoms with E-state index in [9.17, 15) is 4.39 Å². The number of rotatable bonds is 1. The monoisotopic (exact) mass is 221 g/mol. The lowest BCUT2D eigenvalue weighted by Gasteiger charge is -2.03. The van der Waals surface area contributed by atoms with Crippen LogP contribution in [0.25, 0.3) is 11.3 Å². The molecule has 2 rings (SSSR count). The molecule has 76 valence electrons. The second kappa shape index (κ2) is 3.99. The zero-order valence-electron chi connectivity index (χ0n) is 8.17. The van der Waals surface area contributed by atoms with Crippen molar-refractivity contribution in [3.8, 4) is 11.3 Å². The highest BCUT2D eigenvalue weighted by atomic mass is 35.5. The van der Waals surface area contributed by atoms with Gasteiger partial charge in [-0.3, -0.25) is 4.98 Å². The molecule has 0 atom stereocenters. The molecule has 1 aromatic carbocycles. The SMILES string of the molecule is Cc1cc(-c2cccc(F)c2)ncc1Cl. The summed E-state index contributed by atoms with van der Waals surface area (Å²) in [4.78, 5) is 4.15. The van der Waals surface area contributed by atoms with Crippen LogP contribution in [0.2, 0.25) is 5.02 Å². The van der Waals surface area contributed by atoms with Gasteiger partial charge in [0.25, 0.3) is 0 Å². The number of aromatic nitrogens is 1. The third kappa shape index (κ3) is 2.16. The number of nitrogens with zero attached hydrogens (tertiary/aromatic N) is 1. The highest BCUT2D eigenvalue weighted by Crippen LogP contribution is 2.22. The van der Waals surface area contributed by atoms with E-state index in [0.29, 0.717) is 5.02 Å². The summed E-state index contributed by atoms with van der Waals surface area (Å²) in [5.41, 5.74) is 2.43. The summed E-state index contributed by atoms with van der Waals surface area (Å²) in [6, 6.07) is 8.19. The van der Waals surface area contributed by atoms with Crippen LogP contribution >= 0.6 is 11.6 Å². The van der Waals surface area contributed by atoms with Crippen molar-refractivity contribution in [2.24, 2.45) is 0 Å². The zero-order chi connectivity index (χ0) is 10.8. The molecule has 0 amide bonds. The second-order valence-corrected chi connectivity index (χ2v) is 3.74. The Hall–Kier alpha value is -1.41. The Kier molecular flexibility index (Phi) is 2.69. The van der Waals surface area contributed by atoms with E-state index in [-0.39, 0.29) is 5.82 Å². The van der Waals surface area contributed by atoms with Crippen molar-refractivity contribution < 1.29 is 4.39 Å². The third-order valence-corrected chi connectivity index (χ3v) is 2.56. The molecule has 0 aliphatic rings. The van der Waals surface area contributed by atoms with Crippen molar-refractivity contribution in [3.63, 3.8) is 0 Å². The van der Waals surface area contributed by atoms with Crippen LogP contribution in [0.1, 0.15) is 5.56 Å². The first-order chi connectivity index (χ1) is 7.16. The molecule has 0 aliphatic carbocycles. The molecule has 0 spiro atoms. The average Bonchev–Trinajstić information content (AvgIpc) is 2.22. The van der Waals surface area contributed by atoms with Crippen LogP contribution in [0.3, 0.4) is 0 Å². The Morgan fingerprint density at radius 3 is 2.73 bits per heavy atom. The topological polar surface area (TPSA) is 12.9 Å². The molecular formula is C12H9ClFN. The fourth-order valence-corrected chi connectivity index (χ4v) is 1.45. The van der Waals surface area contributed by atoms with Gasteiger partial charge >= 0.3 is 0 Å². The molecule has 0 aliphatic heterocycles. The summed E-state index contributed by atoms with van der Waals surface area (Å²) in [5, 5.41) is 0.621. The number of benzene rings is 1. The van der Waals surface area contributed by atoms with Crippen molar-refractivity contribution in [1.82, 2.24) is 4.98 Å². The maximum Gasteiger partial charge on any atom is 0.123 e. The molecule has 0 N–H and O–H groups in total. The number of halogens is 2. The van der Waals surface area contributed by atoms with E-state index in [4.69, 9.17) is 11.6 Å². The first-order valence-electron chi connectivity index (χ1n) is 4.55. The Labute approximate surface area is 92.5 Å². The standard InChI is InChI=1S/C12H9ClFN/c1-8-5-12(15-7-11(8)13)9-3-2-4-10(14)6-9/h2-7H,1H3. The van der Waals surface area contributed by atoms with E-state index >= 15 is 0 Å². The van der Waals surface area contributed by atoms with Crippen molar-refractivity contribution >= 4 is 11.6 Å². The molecule has 0 saturated heterocycles. The Bertz CT molecular complexity index is 497. The van der Waals surface area contributed by atoms with Gasteiger partial charge in [0.1, 0.15) is 5.82 Å². The largest absolute Gasteiger partial charge is 0.255 e. The predicted molar refractivity (Wildman–Crippen MR) is 59.4 cm³/mol. The van der Waals surface area contributed by atoms with E-state index in [1.165, 1.54) is 12.1 Å². The van der Waals surface area contributed by atoms with Crippen molar-refractivity contribution in [3.05, 3.63) is 52.9 Å². The summed E-state index contributed by atoms with van der Waals surface area (Å²) in [7, 11) is 0. The summed E-state index contributed by atoms with van der Waals surface area (Å²) in [6.45, 7) is 1.90. The number of hydrogen-bond donors (Lipinski definition) is 0. The van der Waals surface area contributed by atoms with E-state index in [0.717, 1.165) is 16.8 Å². The number of aryl methyl sites for hydroxylation is 1. The minimum Gasteiger partial charge on any atom is -0.255 e. The fraction of sp³-hybridized carbons (Fsp3) is 0.0833. The molecule has 1 aromatic heterocycles. The van der Waals surface area contributed by atoms with Gasteiger partial charge in [-0.15, -0.1) is 0 Å². The first-order valence-corrected chi connectivity index (χ1v) is 4.93. The molecule has 1 nitrogen and oxygen atoms in total. The Morgan fingerprint density at radius 1 is 1.27 bits per heavy atom. The molecule has 2 aromatic rings. The molecule has 0 saturated carbocycles. The van der Waals surface area contributed by atoms with Gasteiger partial charge in [-0.25, -0.2) is 4.39 Å². The minimum absolute atomic E-state index is 0.262. The van der Waals surface area contributed by atoms with Gasteiger partial charge in [0.15, 0.2) is 0 Å². The van der Waals surface area contributed by atoms with E-state index in [2.05, 4.69) is 4.98 Å². The molecule has 0 unspecified atom stereocenters. The van der Waals surface area contributed by atoms with Crippen LogP contribution in [0.5, 0.6) is 0 Å². The normalized spacial score (nSPS) is 10.3. The van der Waals surface area contributed by atoms with Gasteiger partial charge in [0, 0.05) is 11.8 Å². The smallest absolute Gasteiger partial charge is 0.123 e. The van der Waals surface area contributed by atoms with Gasteiger partial charge in [0.2, 0.25) is 0 Å². The van der Waals surface area contributed by atoms with Crippen molar-refractivity contribution in [2.45, 2.75) is 6.92 Å². The minimum atomic E-state index is -0.262. The van der Waals surface area contributed by atoms with E-state index in [1.807, 2.05) is 19.1 Å². The molecule has 0 fully saturated rings. The lowest BCUT2D eigenvalue weighted by molar-refractivity contribution is 0.628. The van der Waals surface area contributed by atoms with Crippen LogP contribution in [0.4, 0.5) is 4.39 Å². The van der Waals surface area contributed by atoms with E-state index in [1.54, 1.807) is 12.3 Å². The number of hydrogen-bond acceptors (Lipinski definition) is 1. The zero-order valence-corrected chi connectivity index (χ0v) is 8.92. The fourth-order valence-electron chi connectivity index (χ4n) is 1.34. The summed E-state index contributed by atoms with van der Waals surface area (Å²) < 4.78 is 13.0. The van der Waals surface area contributed by atoms with Gasteiger partial charge in [0.05, 0.1) is 10.7 Å². The molecule has 0 bridgehead atoms. The molecule has 1 heterocycles. The van der Waals surface area contributed by atoms with Crippen LogP contribution in [0, 0.1) is 12.7 Å². The highest BCUT2D eigenvalue weighted by Gasteiger charge is 2.02. The predicted octanol–water partition coefficient (Wildman–Crippen LogP) is 3.85. The first kappa shape index (κ1) is 10.1. The van der Waals surface area contributed by atoms with Crippen molar-refractivity contribution in [1.29, 1.82) is 0 Å². The quantitative estimate of drug-likeness (QED) is 0.713. The van der Waals surface area contributed by atoms with Crippen LogP contribution < -0.4 is 0 Å². The maximum atomic E-state index is 13.0. The molecular weight excluding hydrogens is 213 g/mol. The maximum absolute atomic E-state index is 13.0. The Balaban J connectivity index is 2.50. The van der Waals surface area contributed by atoms with Gasteiger partial charge < -0.3 is 0 Å². The van der Waals surface area contributed by atoms with Crippen LogP contribution in [0.15, 0.2) is 36.5 Å². The van der Waals surface area contributed by atoms with Crippen molar-refractivity contribution in [2.75, 3.05) is 0 Å². The number of pyridine rings is 1. The lowest BCUT2D eigenvalue weighted by Crippen LogP contribution is -1.86. The van der Waals surface area contributed by atoms with Crippen LogP contribution in [-0.2, 0) is 0 Å². The van der Waals surface area contributed by atoms with Gasteiger partial charge in [-0.1, -0.05) is 23.7 Å². The summed E-state index contributed by atoms with van der Waals surface area (Å²) >= 11 is 5.86. The average molecular weight is 222 g/mol. The highest BCUT2D eigenvalue weighted by molar-refractivity contribution is 6.31. The Morgan fingerprint density at radius 2 is 2.07 bits per heavy atom. The summed E-state index contributed by atoms with van der Waals surface area (Å²) in [5.74, 6) is -0.262. The van der Waals surface area contributed by atoms with E-state index < -0.39 is 0 Å². The molecule has 0 radical (unpaired) electrons. The molecule has 3 heteroatoms. The van der Waals surface area contributed by atoms with Gasteiger partial charge in [-0.2, -0.15) is 0 Å². The van der Waals surface area contributed by atoms with Crippen LogP contribution in [-0.4, -0.2) is 4.98 Å². The molecule has 15 heavy (non-hydrogen) atoms.